The molecule has 0 aromatic heterocycles. The van der Waals surface area contributed by atoms with Gasteiger partial charge in [0.25, 0.3) is 0 Å². The highest BCUT2D eigenvalue weighted by molar-refractivity contribution is 6.31. The van der Waals surface area contributed by atoms with Gasteiger partial charge in [0.1, 0.15) is 11.5 Å². The molecular formula is C12H15ClO2. The van der Waals surface area contributed by atoms with Crippen molar-refractivity contribution in [3.8, 4) is 5.75 Å². The van der Waals surface area contributed by atoms with Crippen molar-refractivity contribution in [3.05, 3.63) is 28.8 Å². The minimum atomic E-state index is 0.0446. The zero-order valence-electron chi connectivity index (χ0n) is 9.21. The molecule has 0 saturated heterocycles. The van der Waals surface area contributed by atoms with Gasteiger partial charge in [-0.2, -0.15) is 0 Å². The molecule has 0 bridgehead atoms. The molecule has 0 N–H and O–H groups in total. The molecule has 0 aliphatic rings. The summed E-state index contributed by atoms with van der Waals surface area (Å²) in [6.45, 7) is 3.78. The fraction of sp³-hybridized carbons (Fsp3) is 0.417. The van der Waals surface area contributed by atoms with Gasteiger partial charge in [-0.1, -0.05) is 31.5 Å². The van der Waals surface area contributed by atoms with E-state index in [1.54, 1.807) is 13.2 Å². The second-order valence-corrected chi connectivity index (χ2v) is 4.16. The van der Waals surface area contributed by atoms with E-state index < -0.39 is 0 Å². The summed E-state index contributed by atoms with van der Waals surface area (Å²) in [4.78, 5) is 11.5. The number of halogens is 1. The molecule has 2 nitrogen and oxygen atoms in total. The Balaban J connectivity index is 2.83. The summed E-state index contributed by atoms with van der Waals surface area (Å²) in [5.74, 6) is 0.950. The van der Waals surface area contributed by atoms with E-state index in [4.69, 9.17) is 16.3 Å². The Labute approximate surface area is 95.2 Å². The van der Waals surface area contributed by atoms with Crippen molar-refractivity contribution in [2.24, 2.45) is 5.92 Å². The highest BCUT2D eigenvalue weighted by atomic mass is 35.5. The lowest BCUT2D eigenvalue weighted by Gasteiger charge is -2.07. The number of Topliss-reactive ketones (excluding diaryl/α,β-unsaturated/α-hetero) is 1. The summed E-state index contributed by atoms with van der Waals surface area (Å²) in [5.41, 5.74) is 0.858. The van der Waals surface area contributed by atoms with E-state index in [2.05, 4.69) is 0 Å². The third kappa shape index (κ3) is 3.24. The number of ketones is 1. The van der Waals surface area contributed by atoms with Gasteiger partial charge in [0.15, 0.2) is 0 Å². The van der Waals surface area contributed by atoms with Gasteiger partial charge in [-0.15, -0.1) is 0 Å². The first-order chi connectivity index (χ1) is 7.04. The molecule has 0 aliphatic carbocycles. The molecule has 0 fully saturated rings. The van der Waals surface area contributed by atoms with Crippen LogP contribution in [0, 0.1) is 5.92 Å². The minimum absolute atomic E-state index is 0.0446. The van der Waals surface area contributed by atoms with Crippen LogP contribution in [0.4, 0.5) is 0 Å². The van der Waals surface area contributed by atoms with Gasteiger partial charge in [0.2, 0.25) is 0 Å². The lowest BCUT2D eigenvalue weighted by molar-refractivity contribution is -0.121. The molecule has 82 valence electrons. The number of hydrogen-bond acceptors (Lipinski definition) is 2. The molecule has 0 aliphatic heterocycles. The maximum atomic E-state index is 11.5. The van der Waals surface area contributed by atoms with Gasteiger partial charge < -0.3 is 4.74 Å². The fourth-order valence-electron chi connectivity index (χ4n) is 1.19. The zero-order valence-corrected chi connectivity index (χ0v) is 9.97. The van der Waals surface area contributed by atoms with E-state index in [1.165, 1.54) is 0 Å². The molecule has 0 radical (unpaired) electrons. The molecule has 1 rings (SSSR count). The Hall–Kier alpha value is -1.02. The topological polar surface area (TPSA) is 26.3 Å². The predicted molar refractivity (Wildman–Crippen MR) is 61.6 cm³/mol. The van der Waals surface area contributed by atoms with Gasteiger partial charge in [0.05, 0.1) is 7.11 Å². The number of carbonyl (C=O) groups is 1. The fourth-order valence-corrected chi connectivity index (χ4v) is 1.43. The van der Waals surface area contributed by atoms with Gasteiger partial charge >= 0.3 is 0 Å². The lowest BCUT2D eigenvalue weighted by Crippen LogP contribution is -2.10. The molecule has 0 spiro atoms. The highest BCUT2D eigenvalue weighted by Gasteiger charge is 2.11. The Kier molecular flexibility index (Phi) is 4.15. The van der Waals surface area contributed by atoms with Gasteiger partial charge in [-0.3, -0.25) is 4.79 Å². The van der Waals surface area contributed by atoms with Gasteiger partial charge in [-0.05, 0) is 17.7 Å². The number of carbonyl (C=O) groups excluding carboxylic acids is 1. The molecule has 0 saturated carbocycles. The van der Waals surface area contributed by atoms with Crippen molar-refractivity contribution in [3.63, 3.8) is 0 Å². The van der Waals surface area contributed by atoms with Crippen LogP contribution in [0.2, 0.25) is 5.02 Å². The van der Waals surface area contributed by atoms with Crippen molar-refractivity contribution < 1.29 is 9.53 Å². The quantitative estimate of drug-likeness (QED) is 0.789. The average Bonchev–Trinajstić information content (AvgIpc) is 2.20. The summed E-state index contributed by atoms with van der Waals surface area (Å²) >= 11 is 6.02. The number of ether oxygens (including phenoxy) is 1. The predicted octanol–water partition coefficient (Wildman–Crippen LogP) is 3.12. The summed E-state index contributed by atoms with van der Waals surface area (Å²) in [6, 6.07) is 5.38. The third-order valence-corrected chi connectivity index (χ3v) is 2.62. The molecule has 0 amide bonds. The first-order valence-electron chi connectivity index (χ1n) is 4.89. The highest BCUT2D eigenvalue weighted by Crippen LogP contribution is 2.23. The van der Waals surface area contributed by atoms with Crippen LogP contribution in [0.1, 0.15) is 19.4 Å². The van der Waals surface area contributed by atoms with Crippen molar-refractivity contribution in [2.75, 3.05) is 7.11 Å². The molecule has 0 heterocycles. The monoisotopic (exact) mass is 226 g/mol. The normalized spacial score (nSPS) is 10.5. The van der Waals surface area contributed by atoms with E-state index >= 15 is 0 Å². The second kappa shape index (κ2) is 5.17. The standard InChI is InChI=1S/C12H15ClO2/c1-8(2)12(14)6-9-4-5-10(15-3)7-11(9)13/h4-5,7-8H,6H2,1-3H3. The third-order valence-electron chi connectivity index (χ3n) is 2.27. The van der Waals surface area contributed by atoms with Gasteiger partial charge in [-0.25, -0.2) is 0 Å². The van der Waals surface area contributed by atoms with Crippen molar-refractivity contribution in [2.45, 2.75) is 20.3 Å². The number of methoxy groups -OCH3 is 1. The van der Waals surface area contributed by atoms with Crippen molar-refractivity contribution in [1.82, 2.24) is 0 Å². The van der Waals surface area contributed by atoms with Crippen molar-refractivity contribution >= 4 is 17.4 Å². The number of rotatable bonds is 4. The van der Waals surface area contributed by atoms with Crippen LogP contribution < -0.4 is 4.74 Å². The minimum Gasteiger partial charge on any atom is -0.497 e. The SMILES string of the molecule is COc1ccc(CC(=O)C(C)C)c(Cl)c1. The molecule has 0 unspecified atom stereocenters. The Morgan fingerprint density at radius 3 is 2.60 bits per heavy atom. The van der Waals surface area contributed by atoms with Crippen LogP contribution >= 0.6 is 11.6 Å². The molecule has 3 heteroatoms. The smallest absolute Gasteiger partial charge is 0.139 e. The summed E-state index contributed by atoms with van der Waals surface area (Å²) < 4.78 is 5.03. The summed E-state index contributed by atoms with van der Waals surface area (Å²) in [6.07, 6.45) is 0.389. The van der Waals surface area contributed by atoms with E-state index in [-0.39, 0.29) is 11.7 Å². The maximum absolute atomic E-state index is 11.5. The molecule has 15 heavy (non-hydrogen) atoms. The molecular weight excluding hydrogens is 212 g/mol. The van der Waals surface area contributed by atoms with E-state index in [1.807, 2.05) is 26.0 Å². The van der Waals surface area contributed by atoms with Crippen LogP contribution in [-0.4, -0.2) is 12.9 Å². The first-order valence-corrected chi connectivity index (χ1v) is 5.27. The van der Waals surface area contributed by atoms with Crippen LogP contribution in [0.15, 0.2) is 18.2 Å². The summed E-state index contributed by atoms with van der Waals surface area (Å²) in [5, 5.41) is 0.586. The van der Waals surface area contributed by atoms with E-state index in [0.29, 0.717) is 17.2 Å². The van der Waals surface area contributed by atoms with Crippen LogP contribution in [-0.2, 0) is 11.2 Å². The number of benzene rings is 1. The van der Waals surface area contributed by atoms with Gasteiger partial charge in [0, 0.05) is 17.4 Å². The molecule has 0 atom stereocenters. The van der Waals surface area contributed by atoms with E-state index in [0.717, 1.165) is 5.56 Å². The second-order valence-electron chi connectivity index (χ2n) is 3.76. The summed E-state index contributed by atoms with van der Waals surface area (Å²) in [7, 11) is 1.59. The zero-order chi connectivity index (χ0) is 11.4. The Morgan fingerprint density at radius 2 is 2.13 bits per heavy atom. The Bertz CT molecular complexity index is 359. The maximum Gasteiger partial charge on any atom is 0.139 e. The average molecular weight is 227 g/mol. The number of hydrogen-bond donors (Lipinski definition) is 0. The first kappa shape index (κ1) is 12.1. The molecule has 1 aromatic rings. The van der Waals surface area contributed by atoms with Crippen LogP contribution in [0.5, 0.6) is 5.75 Å². The lowest BCUT2D eigenvalue weighted by atomic mass is 10.0. The van der Waals surface area contributed by atoms with E-state index in [9.17, 15) is 4.79 Å². The van der Waals surface area contributed by atoms with Crippen LogP contribution in [0.25, 0.3) is 0 Å². The van der Waals surface area contributed by atoms with Crippen LogP contribution in [0.3, 0.4) is 0 Å². The molecule has 1 aromatic carbocycles. The largest absolute Gasteiger partial charge is 0.497 e. The Morgan fingerprint density at radius 1 is 1.47 bits per heavy atom. The van der Waals surface area contributed by atoms with Crippen molar-refractivity contribution in [1.29, 1.82) is 0 Å².